The van der Waals surface area contributed by atoms with Crippen LogP contribution in [-0.2, 0) is 10.8 Å². The summed E-state index contributed by atoms with van der Waals surface area (Å²) < 4.78 is 6.18. The monoisotopic (exact) mass is 319 g/mol. The van der Waals surface area contributed by atoms with Crippen molar-refractivity contribution in [1.29, 1.82) is 0 Å². The normalized spacial score (nSPS) is 12.8. The second-order valence-corrected chi connectivity index (χ2v) is 12.0. The van der Waals surface area contributed by atoms with E-state index in [0.29, 0.717) is 13.0 Å². The number of carboxylic acids is 1. The molecule has 1 heterocycles. The van der Waals surface area contributed by atoms with Gasteiger partial charge >= 0.3 is 5.97 Å². The Bertz CT molecular complexity index is 683. The summed E-state index contributed by atoms with van der Waals surface area (Å²) in [4.78, 5) is 14.4. The Morgan fingerprint density at radius 3 is 2.50 bits per heavy atom. The minimum atomic E-state index is -1.81. The molecule has 2 N–H and O–H groups in total. The van der Waals surface area contributed by atoms with Crippen LogP contribution in [0.25, 0.3) is 10.9 Å². The van der Waals surface area contributed by atoms with Crippen LogP contribution in [0.15, 0.2) is 24.3 Å². The highest BCUT2D eigenvalue weighted by Gasteiger charge is 2.37. The van der Waals surface area contributed by atoms with Gasteiger partial charge < -0.3 is 14.5 Å². The Kier molecular flexibility index (Phi) is 4.49. The molecule has 0 bridgehead atoms. The number of fused-ring (bicyclic) bond motifs is 1. The summed E-state index contributed by atoms with van der Waals surface area (Å²) in [6.45, 7) is 11.6. The topological polar surface area (TPSA) is 62.3 Å². The van der Waals surface area contributed by atoms with Crippen LogP contribution in [0.1, 0.15) is 36.8 Å². The highest BCUT2D eigenvalue weighted by atomic mass is 28.4. The Hall–Kier alpha value is -1.59. The quantitative estimate of drug-likeness (QED) is 0.801. The van der Waals surface area contributed by atoms with Gasteiger partial charge in [0.25, 0.3) is 0 Å². The standard InChI is InChI=1S/C17H25NO3Si/c1-17(2,3)22(4,5)21-11-10-13-12-8-6-7-9-14(12)18-15(13)16(19)20/h6-9,18H,10-11H2,1-5H3,(H,19,20). The van der Waals surface area contributed by atoms with Crippen LogP contribution >= 0.6 is 0 Å². The Morgan fingerprint density at radius 1 is 1.27 bits per heavy atom. The van der Waals surface area contributed by atoms with E-state index in [1.165, 1.54) is 0 Å². The highest BCUT2D eigenvalue weighted by molar-refractivity contribution is 6.74. The van der Waals surface area contributed by atoms with Gasteiger partial charge in [-0.05, 0) is 36.2 Å². The van der Waals surface area contributed by atoms with Crippen molar-refractivity contribution >= 4 is 25.2 Å². The Labute approximate surface area is 132 Å². The second-order valence-electron chi connectivity index (χ2n) is 7.19. The van der Waals surface area contributed by atoms with Crippen LogP contribution < -0.4 is 0 Å². The Balaban J connectivity index is 2.21. The summed E-state index contributed by atoms with van der Waals surface area (Å²) in [5.74, 6) is -0.918. The van der Waals surface area contributed by atoms with E-state index in [-0.39, 0.29) is 10.7 Å². The molecule has 4 nitrogen and oxygen atoms in total. The fraction of sp³-hybridized carbons (Fsp3) is 0.471. The molecule has 120 valence electrons. The maximum absolute atomic E-state index is 11.4. The van der Waals surface area contributed by atoms with Crippen LogP contribution in [0.2, 0.25) is 18.1 Å². The van der Waals surface area contributed by atoms with Crippen molar-refractivity contribution in [3.05, 3.63) is 35.5 Å². The SMILES string of the molecule is CC(C)(C)[Si](C)(C)OCCc1c(C(=O)O)[nH]c2ccccc12. The number of aromatic nitrogens is 1. The average Bonchev–Trinajstić information content (AvgIpc) is 2.77. The molecule has 2 aromatic rings. The zero-order chi connectivity index (χ0) is 16.5. The third kappa shape index (κ3) is 3.25. The molecule has 0 saturated heterocycles. The summed E-state index contributed by atoms with van der Waals surface area (Å²) >= 11 is 0. The van der Waals surface area contributed by atoms with Crippen molar-refractivity contribution in [2.24, 2.45) is 0 Å². The van der Waals surface area contributed by atoms with Gasteiger partial charge in [-0.2, -0.15) is 0 Å². The molecule has 0 aliphatic heterocycles. The highest BCUT2D eigenvalue weighted by Crippen LogP contribution is 2.36. The number of aromatic carboxylic acids is 1. The summed E-state index contributed by atoms with van der Waals surface area (Å²) in [5.41, 5.74) is 1.98. The number of nitrogens with one attached hydrogen (secondary N) is 1. The van der Waals surface area contributed by atoms with E-state index in [0.717, 1.165) is 16.5 Å². The summed E-state index contributed by atoms with van der Waals surface area (Å²) in [6, 6.07) is 7.69. The van der Waals surface area contributed by atoms with E-state index in [1.807, 2.05) is 24.3 Å². The van der Waals surface area contributed by atoms with E-state index in [2.05, 4.69) is 38.8 Å². The number of carboxylic acid groups (broad SMARTS) is 1. The van der Waals surface area contributed by atoms with Gasteiger partial charge in [0.15, 0.2) is 8.32 Å². The van der Waals surface area contributed by atoms with Crippen LogP contribution in [-0.4, -0.2) is 31.0 Å². The fourth-order valence-corrected chi connectivity index (χ4v) is 3.31. The number of benzene rings is 1. The average molecular weight is 319 g/mol. The van der Waals surface area contributed by atoms with Gasteiger partial charge in [0.05, 0.1) is 0 Å². The zero-order valence-corrected chi connectivity index (χ0v) is 15.0. The van der Waals surface area contributed by atoms with Gasteiger partial charge in [-0.1, -0.05) is 39.0 Å². The predicted octanol–water partition coefficient (Wildman–Crippen LogP) is 4.43. The van der Waals surface area contributed by atoms with Gasteiger partial charge in [-0.25, -0.2) is 4.79 Å². The number of carbonyl (C=O) groups is 1. The number of rotatable bonds is 5. The molecule has 1 aromatic carbocycles. The first-order chi connectivity index (χ1) is 10.1. The van der Waals surface area contributed by atoms with Crippen molar-refractivity contribution in [3.63, 3.8) is 0 Å². The molecule has 1 aromatic heterocycles. The molecule has 0 atom stereocenters. The van der Waals surface area contributed by atoms with Gasteiger partial charge in [0.1, 0.15) is 5.69 Å². The number of H-pyrrole nitrogens is 1. The van der Waals surface area contributed by atoms with E-state index in [9.17, 15) is 9.90 Å². The summed E-state index contributed by atoms with van der Waals surface area (Å²) in [5, 5.41) is 10.5. The molecule has 0 aliphatic rings. The lowest BCUT2D eigenvalue weighted by Crippen LogP contribution is -2.41. The third-order valence-electron chi connectivity index (χ3n) is 4.65. The zero-order valence-electron chi connectivity index (χ0n) is 14.0. The van der Waals surface area contributed by atoms with Crippen LogP contribution in [0.4, 0.5) is 0 Å². The van der Waals surface area contributed by atoms with Crippen LogP contribution in [0, 0.1) is 0 Å². The Morgan fingerprint density at radius 2 is 1.91 bits per heavy atom. The molecule has 0 unspecified atom stereocenters. The maximum atomic E-state index is 11.4. The van der Waals surface area contributed by atoms with Crippen molar-refractivity contribution < 1.29 is 14.3 Å². The molecule has 0 fully saturated rings. The first-order valence-corrected chi connectivity index (χ1v) is 10.5. The lowest BCUT2D eigenvalue weighted by molar-refractivity contribution is 0.0690. The number of aromatic amines is 1. The van der Waals surface area contributed by atoms with Crippen LogP contribution in [0.5, 0.6) is 0 Å². The van der Waals surface area contributed by atoms with Crippen molar-refractivity contribution in [2.45, 2.75) is 45.3 Å². The van der Waals surface area contributed by atoms with E-state index in [1.54, 1.807) is 0 Å². The van der Waals surface area contributed by atoms with Gasteiger partial charge in [0, 0.05) is 17.5 Å². The van der Waals surface area contributed by atoms with Gasteiger partial charge in [-0.3, -0.25) is 0 Å². The molecule has 0 saturated carbocycles. The molecule has 0 amide bonds. The molecular weight excluding hydrogens is 294 g/mol. The fourth-order valence-electron chi connectivity index (χ4n) is 2.27. The number of hydrogen-bond acceptors (Lipinski definition) is 2. The first-order valence-electron chi connectivity index (χ1n) is 7.60. The predicted molar refractivity (Wildman–Crippen MR) is 92.1 cm³/mol. The van der Waals surface area contributed by atoms with Crippen molar-refractivity contribution in [1.82, 2.24) is 4.98 Å². The van der Waals surface area contributed by atoms with E-state index in [4.69, 9.17) is 4.43 Å². The van der Waals surface area contributed by atoms with Gasteiger partial charge in [-0.15, -0.1) is 0 Å². The van der Waals surface area contributed by atoms with Crippen LogP contribution in [0.3, 0.4) is 0 Å². The number of para-hydroxylation sites is 1. The second kappa shape index (κ2) is 5.89. The third-order valence-corrected chi connectivity index (χ3v) is 9.19. The first kappa shape index (κ1) is 16.8. The lowest BCUT2D eigenvalue weighted by atomic mass is 10.1. The largest absolute Gasteiger partial charge is 0.477 e. The maximum Gasteiger partial charge on any atom is 0.352 e. The lowest BCUT2D eigenvalue weighted by Gasteiger charge is -2.36. The molecule has 22 heavy (non-hydrogen) atoms. The summed E-state index contributed by atoms with van der Waals surface area (Å²) in [6.07, 6.45) is 0.609. The van der Waals surface area contributed by atoms with E-state index < -0.39 is 14.3 Å². The molecule has 0 spiro atoms. The molecule has 2 rings (SSSR count). The van der Waals surface area contributed by atoms with E-state index >= 15 is 0 Å². The number of hydrogen-bond donors (Lipinski definition) is 2. The molecular formula is C17H25NO3Si. The minimum absolute atomic E-state index is 0.156. The molecule has 0 radical (unpaired) electrons. The molecule has 5 heteroatoms. The smallest absolute Gasteiger partial charge is 0.352 e. The molecule has 0 aliphatic carbocycles. The van der Waals surface area contributed by atoms with Crippen molar-refractivity contribution in [3.8, 4) is 0 Å². The summed E-state index contributed by atoms with van der Waals surface area (Å²) in [7, 11) is -1.81. The van der Waals surface area contributed by atoms with Gasteiger partial charge in [0.2, 0.25) is 0 Å². The minimum Gasteiger partial charge on any atom is -0.477 e. The van der Waals surface area contributed by atoms with Crippen molar-refractivity contribution in [2.75, 3.05) is 6.61 Å².